The van der Waals surface area contributed by atoms with E-state index in [0.717, 1.165) is 0 Å². The highest BCUT2D eigenvalue weighted by molar-refractivity contribution is 9.10. The van der Waals surface area contributed by atoms with Crippen molar-refractivity contribution in [1.29, 1.82) is 0 Å². The van der Waals surface area contributed by atoms with E-state index in [1.165, 1.54) is 4.90 Å². The monoisotopic (exact) mass is 409 g/mol. The number of rotatable bonds is 4. The minimum atomic E-state index is -3.61. The molecule has 1 fully saturated rings. The van der Waals surface area contributed by atoms with Crippen LogP contribution in [0.3, 0.4) is 0 Å². The predicted molar refractivity (Wildman–Crippen MR) is 95.8 cm³/mol. The van der Waals surface area contributed by atoms with Crippen molar-refractivity contribution in [2.24, 2.45) is 0 Å². The number of hydrogen-bond donors (Lipinski definition) is 0. The normalized spacial score (nSPS) is 19.5. The van der Waals surface area contributed by atoms with Crippen LogP contribution in [0.5, 0.6) is 5.75 Å². The number of benzene rings is 2. The number of ether oxygens (including phenoxy) is 1. The van der Waals surface area contributed by atoms with Gasteiger partial charge in [-0.1, -0.05) is 34.1 Å². The summed E-state index contributed by atoms with van der Waals surface area (Å²) >= 11 is 3.39. The van der Waals surface area contributed by atoms with Crippen LogP contribution in [-0.4, -0.2) is 26.7 Å². The van der Waals surface area contributed by atoms with Gasteiger partial charge in [-0.05, 0) is 37.3 Å². The molecule has 0 aromatic heterocycles. The van der Waals surface area contributed by atoms with Gasteiger partial charge in [-0.3, -0.25) is 9.69 Å². The van der Waals surface area contributed by atoms with E-state index in [1.54, 1.807) is 48.5 Å². The number of nitrogens with zero attached hydrogens (tertiary/aromatic N) is 1. The van der Waals surface area contributed by atoms with Crippen LogP contribution in [0.1, 0.15) is 17.9 Å². The van der Waals surface area contributed by atoms with Gasteiger partial charge >= 0.3 is 0 Å². The number of halogens is 1. The lowest BCUT2D eigenvalue weighted by molar-refractivity contribution is -0.115. The van der Waals surface area contributed by atoms with E-state index < -0.39 is 26.9 Å². The summed E-state index contributed by atoms with van der Waals surface area (Å²) in [4.78, 5) is 13.7. The Bertz CT molecular complexity index is 864. The molecule has 3 rings (SSSR count). The molecule has 1 saturated heterocycles. The molecule has 1 atom stereocenters. The zero-order valence-electron chi connectivity index (χ0n) is 13.0. The highest BCUT2D eigenvalue weighted by Crippen LogP contribution is 2.40. The molecule has 1 aliphatic rings. The van der Waals surface area contributed by atoms with Gasteiger partial charge in [-0.15, -0.1) is 0 Å². The molecule has 2 aromatic carbocycles. The summed E-state index contributed by atoms with van der Waals surface area (Å²) in [5.74, 6) is -0.250. The average Bonchev–Trinajstić information content (AvgIpc) is 2.78. The van der Waals surface area contributed by atoms with Crippen molar-refractivity contribution in [3.63, 3.8) is 0 Å². The van der Waals surface area contributed by atoms with Crippen molar-refractivity contribution >= 4 is 37.4 Å². The first-order valence-electron chi connectivity index (χ1n) is 7.45. The maximum Gasteiger partial charge on any atom is 0.243 e. The van der Waals surface area contributed by atoms with E-state index in [-0.39, 0.29) is 0 Å². The van der Waals surface area contributed by atoms with Gasteiger partial charge in [-0.25, -0.2) is 8.42 Å². The Kier molecular flexibility index (Phi) is 4.64. The Balaban J connectivity index is 2.07. The maximum absolute atomic E-state index is 12.6. The van der Waals surface area contributed by atoms with Crippen molar-refractivity contribution in [2.75, 3.05) is 17.3 Å². The Morgan fingerprint density at radius 3 is 2.46 bits per heavy atom. The lowest BCUT2D eigenvalue weighted by Gasteiger charge is -2.24. The standard InChI is InChI=1S/C17H16BrNO4S/c1-2-23-13-9-7-12(8-10-13)19-16(20)11-24(21,22)17(19)14-5-3-4-6-15(14)18/h3-10,17H,2,11H2,1H3. The summed E-state index contributed by atoms with van der Waals surface area (Å²) in [6, 6.07) is 13.9. The van der Waals surface area contributed by atoms with Crippen LogP contribution in [0.15, 0.2) is 53.0 Å². The van der Waals surface area contributed by atoms with E-state index in [2.05, 4.69) is 15.9 Å². The Labute approximate surface area is 149 Å². The number of sulfone groups is 1. The van der Waals surface area contributed by atoms with Gasteiger partial charge in [0.2, 0.25) is 5.91 Å². The van der Waals surface area contributed by atoms with E-state index >= 15 is 0 Å². The smallest absolute Gasteiger partial charge is 0.243 e. The summed E-state index contributed by atoms with van der Waals surface area (Å²) < 4.78 is 31.2. The number of carbonyl (C=O) groups excluding carboxylic acids is 1. The predicted octanol–water partition coefficient (Wildman–Crippen LogP) is 3.31. The molecule has 0 N–H and O–H groups in total. The van der Waals surface area contributed by atoms with Crippen molar-refractivity contribution in [3.05, 3.63) is 58.6 Å². The third-order valence-electron chi connectivity index (χ3n) is 3.77. The van der Waals surface area contributed by atoms with Crippen LogP contribution >= 0.6 is 15.9 Å². The third kappa shape index (κ3) is 3.06. The zero-order chi connectivity index (χ0) is 17.3. The maximum atomic E-state index is 12.6. The Hall–Kier alpha value is -1.86. The van der Waals surface area contributed by atoms with Crippen LogP contribution in [0, 0.1) is 0 Å². The molecule has 0 saturated carbocycles. The first kappa shape index (κ1) is 17.0. The van der Waals surface area contributed by atoms with Gasteiger partial charge < -0.3 is 4.74 Å². The van der Waals surface area contributed by atoms with Crippen LogP contribution in [0.4, 0.5) is 5.69 Å². The summed E-state index contributed by atoms with van der Waals surface area (Å²) in [5.41, 5.74) is 1.09. The molecular weight excluding hydrogens is 394 g/mol. The van der Waals surface area contributed by atoms with Gasteiger partial charge in [0.15, 0.2) is 15.2 Å². The Morgan fingerprint density at radius 1 is 1.17 bits per heavy atom. The fraction of sp³-hybridized carbons (Fsp3) is 0.235. The summed E-state index contributed by atoms with van der Waals surface area (Å²) in [7, 11) is -3.61. The topological polar surface area (TPSA) is 63.7 Å². The number of anilines is 1. The number of amides is 1. The van der Waals surface area contributed by atoms with Gasteiger partial charge in [0.25, 0.3) is 0 Å². The quantitative estimate of drug-likeness (QED) is 0.776. The fourth-order valence-electron chi connectivity index (χ4n) is 2.77. The lowest BCUT2D eigenvalue weighted by atomic mass is 10.2. The summed E-state index contributed by atoms with van der Waals surface area (Å²) in [6.45, 7) is 2.42. The number of carbonyl (C=O) groups is 1. The molecule has 126 valence electrons. The molecule has 0 aliphatic carbocycles. The third-order valence-corrected chi connectivity index (χ3v) is 6.28. The Morgan fingerprint density at radius 2 is 1.83 bits per heavy atom. The molecule has 0 spiro atoms. The summed E-state index contributed by atoms with van der Waals surface area (Å²) in [5, 5.41) is -1.03. The molecule has 5 nitrogen and oxygen atoms in total. The van der Waals surface area contributed by atoms with Crippen molar-refractivity contribution in [1.82, 2.24) is 0 Å². The van der Waals surface area contributed by atoms with Crippen molar-refractivity contribution in [2.45, 2.75) is 12.3 Å². The van der Waals surface area contributed by atoms with Crippen LogP contribution in [-0.2, 0) is 14.6 Å². The molecule has 7 heteroatoms. The first-order valence-corrected chi connectivity index (χ1v) is 9.96. The zero-order valence-corrected chi connectivity index (χ0v) is 15.4. The van der Waals surface area contributed by atoms with E-state index in [4.69, 9.17) is 4.74 Å². The molecule has 0 bridgehead atoms. The largest absolute Gasteiger partial charge is 0.494 e. The highest BCUT2D eigenvalue weighted by Gasteiger charge is 2.46. The van der Waals surface area contributed by atoms with Gasteiger partial charge in [0.1, 0.15) is 11.5 Å². The second-order valence-electron chi connectivity index (χ2n) is 5.37. The van der Waals surface area contributed by atoms with E-state index in [1.807, 2.05) is 6.92 Å². The highest BCUT2D eigenvalue weighted by atomic mass is 79.9. The molecule has 1 unspecified atom stereocenters. The molecule has 1 aliphatic heterocycles. The second-order valence-corrected chi connectivity index (χ2v) is 8.29. The van der Waals surface area contributed by atoms with Crippen molar-refractivity contribution < 1.29 is 17.9 Å². The minimum absolute atomic E-state index is 0.431. The molecule has 0 radical (unpaired) electrons. The molecular formula is C17H16BrNO4S. The first-order chi connectivity index (χ1) is 11.4. The molecule has 1 amide bonds. The van der Waals surface area contributed by atoms with Crippen LogP contribution < -0.4 is 9.64 Å². The second kappa shape index (κ2) is 6.57. The van der Waals surface area contributed by atoms with Crippen LogP contribution in [0.25, 0.3) is 0 Å². The molecule has 24 heavy (non-hydrogen) atoms. The van der Waals surface area contributed by atoms with E-state index in [9.17, 15) is 13.2 Å². The van der Waals surface area contributed by atoms with Gasteiger partial charge in [0, 0.05) is 15.7 Å². The SMILES string of the molecule is CCOc1ccc(N2C(=O)CS(=O)(=O)C2c2ccccc2Br)cc1. The lowest BCUT2D eigenvalue weighted by Crippen LogP contribution is -2.29. The average molecular weight is 410 g/mol. The molecule has 1 heterocycles. The summed E-state index contributed by atoms with van der Waals surface area (Å²) in [6.07, 6.45) is 0. The van der Waals surface area contributed by atoms with Gasteiger partial charge in [-0.2, -0.15) is 0 Å². The molecule has 2 aromatic rings. The van der Waals surface area contributed by atoms with E-state index in [0.29, 0.717) is 28.1 Å². The number of hydrogen-bond acceptors (Lipinski definition) is 4. The van der Waals surface area contributed by atoms with Crippen molar-refractivity contribution in [3.8, 4) is 5.75 Å². The minimum Gasteiger partial charge on any atom is -0.494 e. The fourth-order valence-corrected chi connectivity index (χ4v) is 5.22. The van der Waals surface area contributed by atoms with Gasteiger partial charge in [0.05, 0.1) is 6.61 Å². The van der Waals surface area contributed by atoms with Crippen LogP contribution in [0.2, 0.25) is 0 Å².